The maximum Gasteiger partial charge on any atom is 0.323 e. The molecule has 4 atom stereocenters. The second-order valence-electron chi connectivity index (χ2n) is 5.13. The molecular weight excluding hydrogens is 254 g/mol. The van der Waals surface area contributed by atoms with E-state index >= 15 is 0 Å². The molecule has 0 aliphatic heterocycles. The summed E-state index contributed by atoms with van der Waals surface area (Å²) >= 11 is 0. The van der Waals surface area contributed by atoms with Gasteiger partial charge >= 0.3 is 5.97 Å². The van der Waals surface area contributed by atoms with Gasteiger partial charge in [-0.1, -0.05) is 37.3 Å². The van der Waals surface area contributed by atoms with Crippen LogP contribution in [0.15, 0.2) is 30.3 Å². The van der Waals surface area contributed by atoms with Crippen molar-refractivity contribution in [2.24, 2.45) is 5.92 Å². The fourth-order valence-corrected chi connectivity index (χ4v) is 2.05. The molecule has 1 rings (SSSR count). The Kier molecular flexibility index (Phi) is 6.68. The van der Waals surface area contributed by atoms with E-state index in [2.05, 4.69) is 5.32 Å². The zero-order chi connectivity index (χ0) is 15.1. The number of aliphatic hydroxyl groups excluding tert-OH is 1. The highest BCUT2D eigenvalue weighted by molar-refractivity contribution is 5.76. The van der Waals surface area contributed by atoms with Gasteiger partial charge in [0, 0.05) is 12.0 Å². The summed E-state index contributed by atoms with van der Waals surface area (Å²) in [6.07, 6.45) is -0.583. The van der Waals surface area contributed by atoms with Crippen molar-refractivity contribution in [3.8, 4) is 0 Å². The van der Waals surface area contributed by atoms with E-state index in [-0.39, 0.29) is 17.9 Å². The van der Waals surface area contributed by atoms with Crippen molar-refractivity contribution in [3.63, 3.8) is 0 Å². The molecule has 0 saturated carbocycles. The number of hydrogen-bond donors (Lipinski definition) is 2. The molecule has 0 radical (unpaired) electrons. The minimum atomic E-state index is -0.583. The van der Waals surface area contributed by atoms with Gasteiger partial charge in [-0.25, -0.2) is 0 Å². The molecule has 1 unspecified atom stereocenters. The first kappa shape index (κ1) is 16.7. The van der Waals surface area contributed by atoms with Crippen LogP contribution < -0.4 is 5.32 Å². The largest absolute Gasteiger partial charge is 0.465 e. The van der Waals surface area contributed by atoms with E-state index in [9.17, 15) is 9.90 Å². The Balaban J connectivity index is 2.81. The van der Waals surface area contributed by atoms with Crippen LogP contribution in [0, 0.1) is 5.92 Å². The summed E-state index contributed by atoms with van der Waals surface area (Å²) in [5, 5.41) is 13.0. The lowest BCUT2D eigenvalue weighted by Gasteiger charge is -2.28. The summed E-state index contributed by atoms with van der Waals surface area (Å²) in [5.41, 5.74) is 1.10. The number of nitrogens with one attached hydrogen (secondary N) is 1. The number of carbonyl (C=O) groups is 1. The molecule has 4 nitrogen and oxygen atoms in total. The predicted octanol–water partition coefficient (Wildman–Crippen LogP) is 2.29. The molecule has 0 saturated heterocycles. The van der Waals surface area contributed by atoms with Gasteiger partial charge in [0.25, 0.3) is 0 Å². The molecule has 0 spiro atoms. The summed E-state index contributed by atoms with van der Waals surface area (Å²) in [4.78, 5) is 12.1. The van der Waals surface area contributed by atoms with Crippen molar-refractivity contribution in [2.75, 3.05) is 6.61 Å². The number of benzene rings is 1. The molecular formula is C16H25NO3. The minimum absolute atomic E-state index is 0.00630. The lowest BCUT2D eigenvalue weighted by Crippen LogP contribution is -2.47. The summed E-state index contributed by atoms with van der Waals surface area (Å²) in [6, 6.07) is 9.38. The van der Waals surface area contributed by atoms with Gasteiger partial charge in [0.15, 0.2) is 0 Å². The summed E-state index contributed by atoms with van der Waals surface area (Å²) in [5.74, 6) is -0.538. The van der Waals surface area contributed by atoms with Crippen molar-refractivity contribution in [1.82, 2.24) is 5.32 Å². The highest BCUT2D eigenvalue weighted by Crippen LogP contribution is 2.17. The maximum atomic E-state index is 12.1. The fourth-order valence-electron chi connectivity index (χ4n) is 2.05. The van der Waals surface area contributed by atoms with Gasteiger partial charge in [0.2, 0.25) is 0 Å². The Bertz CT molecular complexity index is 405. The number of esters is 1. The Hall–Kier alpha value is -1.39. The Morgan fingerprint density at radius 1 is 1.25 bits per heavy atom. The van der Waals surface area contributed by atoms with E-state index in [4.69, 9.17) is 4.74 Å². The molecule has 1 aromatic carbocycles. The highest BCUT2D eigenvalue weighted by atomic mass is 16.5. The molecule has 0 amide bonds. The van der Waals surface area contributed by atoms with Crippen molar-refractivity contribution in [3.05, 3.63) is 35.9 Å². The van der Waals surface area contributed by atoms with Crippen LogP contribution in [0.3, 0.4) is 0 Å². The predicted molar refractivity (Wildman–Crippen MR) is 79.3 cm³/mol. The van der Waals surface area contributed by atoms with Crippen LogP contribution in [-0.4, -0.2) is 29.8 Å². The zero-order valence-corrected chi connectivity index (χ0v) is 12.7. The number of carbonyl (C=O) groups excluding carboxylic acids is 1. The van der Waals surface area contributed by atoms with E-state index in [1.54, 1.807) is 13.8 Å². The monoisotopic (exact) mass is 279 g/mol. The topological polar surface area (TPSA) is 58.6 Å². The second-order valence-corrected chi connectivity index (χ2v) is 5.13. The second kappa shape index (κ2) is 8.02. The van der Waals surface area contributed by atoms with Crippen molar-refractivity contribution in [2.45, 2.75) is 45.9 Å². The van der Waals surface area contributed by atoms with Crippen LogP contribution in [0.25, 0.3) is 0 Å². The van der Waals surface area contributed by atoms with Crippen molar-refractivity contribution in [1.29, 1.82) is 0 Å². The third kappa shape index (κ3) is 4.62. The highest BCUT2D eigenvalue weighted by Gasteiger charge is 2.30. The summed E-state index contributed by atoms with van der Waals surface area (Å²) in [7, 11) is 0. The van der Waals surface area contributed by atoms with E-state index in [0.717, 1.165) is 5.56 Å². The van der Waals surface area contributed by atoms with Crippen LogP contribution in [0.1, 0.15) is 39.3 Å². The lowest BCUT2D eigenvalue weighted by atomic mass is 9.95. The Morgan fingerprint density at radius 2 is 1.85 bits per heavy atom. The third-order valence-corrected chi connectivity index (χ3v) is 3.56. The lowest BCUT2D eigenvalue weighted by molar-refractivity contribution is -0.148. The van der Waals surface area contributed by atoms with Crippen LogP contribution in [0.2, 0.25) is 0 Å². The van der Waals surface area contributed by atoms with Gasteiger partial charge in [-0.05, 0) is 26.3 Å². The van der Waals surface area contributed by atoms with E-state index in [0.29, 0.717) is 6.61 Å². The first-order valence-electron chi connectivity index (χ1n) is 7.13. The number of aliphatic hydroxyl groups is 1. The number of ether oxygens (including phenoxy) is 1. The Labute approximate surface area is 121 Å². The number of rotatable bonds is 7. The van der Waals surface area contributed by atoms with Gasteiger partial charge in [-0.3, -0.25) is 10.1 Å². The average molecular weight is 279 g/mol. The summed E-state index contributed by atoms with van der Waals surface area (Å²) < 4.78 is 5.10. The van der Waals surface area contributed by atoms with E-state index in [1.165, 1.54) is 0 Å². The molecule has 1 aromatic rings. The molecule has 4 heteroatoms. The van der Waals surface area contributed by atoms with Gasteiger partial charge in [0.05, 0.1) is 12.7 Å². The quantitative estimate of drug-likeness (QED) is 0.752. The van der Waals surface area contributed by atoms with Crippen LogP contribution in [0.4, 0.5) is 0 Å². The normalized spacial score (nSPS) is 17.1. The van der Waals surface area contributed by atoms with Crippen molar-refractivity contribution < 1.29 is 14.6 Å². The van der Waals surface area contributed by atoms with E-state index in [1.807, 2.05) is 44.2 Å². The Morgan fingerprint density at radius 3 is 2.35 bits per heavy atom. The van der Waals surface area contributed by atoms with Gasteiger partial charge in [-0.2, -0.15) is 0 Å². The minimum Gasteiger partial charge on any atom is -0.465 e. The molecule has 20 heavy (non-hydrogen) atoms. The van der Waals surface area contributed by atoms with E-state index < -0.39 is 12.1 Å². The molecule has 0 heterocycles. The standard InChI is InChI=1S/C16H25NO3/c1-5-20-16(19)15(11(2)13(4)18)17-12(3)14-9-7-6-8-10-14/h6-13,15,17-18H,5H2,1-4H3/t11-,12?,13+,15-/m0/s1. The van der Waals surface area contributed by atoms with Crippen LogP contribution in [-0.2, 0) is 9.53 Å². The first-order valence-corrected chi connectivity index (χ1v) is 7.13. The smallest absolute Gasteiger partial charge is 0.323 e. The van der Waals surface area contributed by atoms with Crippen LogP contribution in [0.5, 0.6) is 0 Å². The maximum absolute atomic E-state index is 12.1. The molecule has 0 bridgehead atoms. The first-order chi connectivity index (χ1) is 9.47. The molecule has 0 aliphatic carbocycles. The molecule has 0 fully saturated rings. The average Bonchev–Trinajstić information content (AvgIpc) is 2.44. The fraction of sp³-hybridized carbons (Fsp3) is 0.562. The van der Waals surface area contributed by atoms with Crippen LogP contribution >= 0.6 is 0 Å². The molecule has 0 aromatic heterocycles. The summed E-state index contributed by atoms with van der Waals surface area (Å²) in [6.45, 7) is 7.64. The molecule has 0 aliphatic rings. The molecule has 112 valence electrons. The zero-order valence-electron chi connectivity index (χ0n) is 12.7. The van der Waals surface area contributed by atoms with Gasteiger partial charge < -0.3 is 9.84 Å². The SMILES string of the molecule is CCOC(=O)[C@@H](NC(C)c1ccccc1)[C@@H](C)[C@@H](C)O. The van der Waals surface area contributed by atoms with Gasteiger partial charge in [0.1, 0.15) is 6.04 Å². The number of hydrogen-bond acceptors (Lipinski definition) is 4. The molecule has 2 N–H and O–H groups in total. The van der Waals surface area contributed by atoms with Crippen molar-refractivity contribution >= 4 is 5.97 Å². The van der Waals surface area contributed by atoms with Gasteiger partial charge in [-0.15, -0.1) is 0 Å². The third-order valence-electron chi connectivity index (χ3n) is 3.56.